The standard InChI is InChI=1S/C19H23ClN4O/c1-2-17-5-3-4-10-24(17)18(25)15-12-22-19(23-13-15)21-11-14-6-8-16(20)9-7-14/h6-9,12-13,17H,2-5,10-11H2,1H3,(H,21,22,23). The van der Waals surface area contributed by atoms with Gasteiger partial charge in [0, 0.05) is 36.5 Å². The van der Waals surface area contributed by atoms with E-state index in [9.17, 15) is 4.79 Å². The van der Waals surface area contributed by atoms with Crippen molar-refractivity contribution < 1.29 is 4.79 Å². The van der Waals surface area contributed by atoms with Crippen molar-refractivity contribution in [2.45, 2.75) is 45.2 Å². The van der Waals surface area contributed by atoms with Gasteiger partial charge in [0.1, 0.15) is 0 Å². The average Bonchev–Trinajstić information content (AvgIpc) is 2.67. The van der Waals surface area contributed by atoms with Crippen LogP contribution >= 0.6 is 11.6 Å². The van der Waals surface area contributed by atoms with Crippen LogP contribution in [0.1, 0.15) is 48.5 Å². The summed E-state index contributed by atoms with van der Waals surface area (Å²) < 4.78 is 0. The Morgan fingerprint density at radius 2 is 1.96 bits per heavy atom. The molecule has 0 spiro atoms. The number of benzene rings is 1. The third-order valence-corrected chi connectivity index (χ3v) is 4.87. The first-order valence-electron chi connectivity index (χ1n) is 8.78. The van der Waals surface area contributed by atoms with Crippen LogP contribution in [-0.4, -0.2) is 33.4 Å². The number of rotatable bonds is 5. The molecule has 132 valence electrons. The summed E-state index contributed by atoms with van der Waals surface area (Å²) in [5, 5.41) is 3.87. The number of carbonyl (C=O) groups excluding carboxylic acids is 1. The first-order chi connectivity index (χ1) is 12.2. The summed E-state index contributed by atoms with van der Waals surface area (Å²) in [6.45, 7) is 3.57. The Labute approximate surface area is 153 Å². The lowest BCUT2D eigenvalue weighted by molar-refractivity contribution is 0.0607. The number of likely N-dealkylation sites (tertiary alicyclic amines) is 1. The quantitative estimate of drug-likeness (QED) is 0.872. The van der Waals surface area contributed by atoms with Crippen molar-refractivity contribution in [2.24, 2.45) is 0 Å². The van der Waals surface area contributed by atoms with Crippen LogP contribution in [0.4, 0.5) is 5.95 Å². The molecule has 1 aromatic heterocycles. The normalized spacial score (nSPS) is 17.4. The van der Waals surface area contributed by atoms with E-state index in [1.807, 2.05) is 29.2 Å². The maximum Gasteiger partial charge on any atom is 0.257 e. The number of piperidine rings is 1. The van der Waals surface area contributed by atoms with Crippen LogP contribution in [0.3, 0.4) is 0 Å². The van der Waals surface area contributed by atoms with Crippen LogP contribution in [0.2, 0.25) is 5.02 Å². The molecule has 3 rings (SSSR count). The molecule has 0 aliphatic carbocycles. The second-order valence-corrected chi connectivity index (χ2v) is 6.77. The third kappa shape index (κ3) is 4.48. The number of anilines is 1. The van der Waals surface area contributed by atoms with E-state index in [0.717, 1.165) is 31.4 Å². The van der Waals surface area contributed by atoms with Gasteiger partial charge in [-0.25, -0.2) is 9.97 Å². The van der Waals surface area contributed by atoms with Crippen molar-refractivity contribution in [1.82, 2.24) is 14.9 Å². The van der Waals surface area contributed by atoms with E-state index in [1.54, 1.807) is 12.4 Å². The first kappa shape index (κ1) is 17.7. The topological polar surface area (TPSA) is 58.1 Å². The van der Waals surface area contributed by atoms with Gasteiger partial charge in [0.25, 0.3) is 5.91 Å². The van der Waals surface area contributed by atoms with Gasteiger partial charge in [-0.15, -0.1) is 0 Å². The Bertz CT molecular complexity index is 702. The van der Waals surface area contributed by atoms with Gasteiger partial charge in [-0.3, -0.25) is 4.79 Å². The summed E-state index contributed by atoms with van der Waals surface area (Å²) in [5.41, 5.74) is 1.64. The Morgan fingerprint density at radius 3 is 2.64 bits per heavy atom. The molecule has 25 heavy (non-hydrogen) atoms. The van der Waals surface area contributed by atoms with Gasteiger partial charge in [0.05, 0.1) is 5.56 Å². The summed E-state index contributed by atoms with van der Waals surface area (Å²) in [4.78, 5) is 23.2. The Balaban J connectivity index is 1.61. The highest BCUT2D eigenvalue weighted by atomic mass is 35.5. The minimum atomic E-state index is 0.0378. The van der Waals surface area contributed by atoms with Crippen LogP contribution in [0.25, 0.3) is 0 Å². The number of nitrogens with one attached hydrogen (secondary N) is 1. The molecule has 0 saturated carbocycles. The van der Waals surface area contributed by atoms with Crippen molar-refractivity contribution >= 4 is 23.5 Å². The maximum atomic E-state index is 12.7. The van der Waals surface area contributed by atoms with Gasteiger partial charge in [-0.1, -0.05) is 30.7 Å². The molecule has 1 amide bonds. The number of aromatic nitrogens is 2. The van der Waals surface area contributed by atoms with Gasteiger partial charge >= 0.3 is 0 Å². The molecule has 1 saturated heterocycles. The van der Waals surface area contributed by atoms with Crippen molar-refractivity contribution in [1.29, 1.82) is 0 Å². The summed E-state index contributed by atoms with van der Waals surface area (Å²) in [6, 6.07) is 7.94. The molecule has 1 aliphatic heterocycles. The fraction of sp³-hybridized carbons (Fsp3) is 0.421. The molecule has 1 aliphatic rings. The van der Waals surface area contributed by atoms with E-state index in [2.05, 4.69) is 22.2 Å². The van der Waals surface area contributed by atoms with Crippen molar-refractivity contribution in [3.05, 3.63) is 52.8 Å². The predicted octanol–water partition coefficient (Wildman–Crippen LogP) is 4.15. The van der Waals surface area contributed by atoms with E-state index in [1.165, 1.54) is 6.42 Å². The second kappa shape index (κ2) is 8.30. The summed E-state index contributed by atoms with van der Waals surface area (Å²) in [6.07, 6.45) is 7.58. The zero-order chi connectivity index (χ0) is 17.6. The lowest BCUT2D eigenvalue weighted by Gasteiger charge is -2.35. The first-order valence-corrected chi connectivity index (χ1v) is 9.16. The SMILES string of the molecule is CCC1CCCCN1C(=O)c1cnc(NCc2ccc(Cl)cc2)nc1. The highest BCUT2D eigenvalue weighted by Crippen LogP contribution is 2.21. The molecule has 5 nitrogen and oxygen atoms in total. The fourth-order valence-corrected chi connectivity index (χ4v) is 3.30. The largest absolute Gasteiger partial charge is 0.350 e. The number of halogens is 1. The van der Waals surface area contributed by atoms with Gasteiger partial charge in [0.15, 0.2) is 0 Å². The summed E-state index contributed by atoms with van der Waals surface area (Å²) >= 11 is 5.88. The zero-order valence-corrected chi connectivity index (χ0v) is 15.2. The van der Waals surface area contributed by atoms with Crippen LogP contribution in [-0.2, 0) is 6.54 Å². The van der Waals surface area contributed by atoms with E-state index in [4.69, 9.17) is 11.6 Å². The summed E-state index contributed by atoms with van der Waals surface area (Å²) in [5.74, 6) is 0.549. The third-order valence-electron chi connectivity index (χ3n) is 4.62. The molecular formula is C19H23ClN4O. The van der Waals surface area contributed by atoms with Crippen LogP contribution < -0.4 is 5.32 Å². The molecule has 0 bridgehead atoms. The highest BCUT2D eigenvalue weighted by molar-refractivity contribution is 6.30. The lowest BCUT2D eigenvalue weighted by Crippen LogP contribution is -2.43. The molecule has 2 heterocycles. The van der Waals surface area contributed by atoms with Gasteiger partial charge in [-0.2, -0.15) is 0 Å². The Morgan fingerprint density at radius 1 is 1.24 bits per heavy atom. The Kier molecular flexibility index (Phi) is 5.87. The monoisotopic (exact) mass is 358 g/mol. The number of hydrogen-bond donors (Lipinski definition) is 1. The molecule has 1 aromatic carbocycles. The summed E-state index contributed by atoms with van der Waals surface area (Å²) in [7, 11) is 0. The second-order valence-electron chi connectivity index (χ2n) is 6.33. The average molecular weight is 359 g/mol. The maximum absolute atomic E-state index is 12.7. The van der Waals surface area contributed by atoms with Crippen LogP contribution in [0.5, 0.6) is 0 Å². The van der Waals surface area contributed by atoms with Crippen molar-refractivity contribution in [3.63, 3.8) is 0 Å². The molecule has 1 N–H and O–H groups in total. The minimum absolute atomic E-state index is 0.0378. The smallest absolute Gasteiger partial charge is 0.257 e. The lowest BCUT2D eigenvalue weighted by atomic mass is 9.99. The molecule has 6 heteroatoms. The van der Waals surface area contributed by atoms with E-state index < -0.39 is 0 Å². The van der Waals surface area contributed by atoms with E-state index >= 15 is 0 Å². The Hall–Kier alpha value is -2.14. The predicted molar refractivity (Wildman–Crippen MR) is 99.8 cm³/mol. The zero-order valence-electron chi connectivity index (χ0n) is 14.4. The fourth-order valence-electron chi connectivity index (χ4n) is 3.17. The number of carbonyl (C=O) groups is 1. The minimum Gasteiger partial charge on any atom is -0.350 e. The highest BCUT2D eigenvalue weighted by Gasteiger charge is 2.26. The molecule has 1 fully saturated rings. The molecule has 1 atom stereocenters. The molecule has 1 unspecified atom stereocenters. The van der Waals surface area contributed by atoms with E-state index in [-0.39, 0.29) is 5.91 Å². The molecular weight excluding hydrogens is 336 g/mol. The van der Waals surface area contributed by atoms with Gasteiger partial charge in [-0.05, 0) is 43.4 Å². The number of hydrogen-bond acceptors (Lipinski definition) is 4. The number of amides is 1. The van der Waals surface area contributed by atoms with Crippen molar-refractivity contribution in [2.75, 3.05) is 11.9 Å². The van der Waals surface area contributed by atoms with Gasteiger partial charge in [0.2, 0.25) is 5.95 Å². The van der Waals surface area contributed by atoms with Crippen LogP contribution in [0, 0.1) is 0 Å². The molecule has 0 radical (unpaired) electrons. The van der Waals surface area contributed by atoms with Crippen molar-refractivity contribution in [3.8, 4) is 0 Å². The van der Waals surface area contributed by atoms with Gasteiger partial charge < -0.3 is 10.2 Å². The van der Waals surface area contributed by atoms with Crippen LogP contribution in [0.15, 0.2) is 36.7 Å². The van der Waals surface area contributed by atoms with E-state index in [0.29, 0.717) is 29.1 Å². The number of nitrogens with zero attached hydrogens (tertiary/aromatic N) is 3. The molecule has 2 aromatic rings.